The first-order valence-electron chi connectivity index (χ1n) is 8.82. The molecule has 0 radical (unpaired) electrons. The summed E-state index contributed by atoms with van der Waals surface area (Å²) in [5.74, 6) is 1.26. The molecule has 0 spiro atoms. The number of pyridine rings is 2. The lowest BCUT2D eigenvalue weighted by Crippen LogP contribution is -2.00. The van der Waals surface area contributed by atoms with Crippen LogP contribution in [0.5, 0.6) is 0 Å². The van der Waals surface area contributed by atoms with E-state index in [2.05, 4.69) is 15.3 Å². The van der Waals surface area contributed by atoms with Crippen molar-refractivity contribution in [1.82, 2.24) is 9.97 Å². The van der Waals surface area contributed by atoms with E-state index in [1.54, 1.807) is 24.3 Å². The minimum absolute atomic E-state index is 0.308. The van der Waals surface area contributed by atoms with Gasteiger partial charge in [0.15, 0.2) is 9.84 Å². The summed E-state index contributed by atoms with van der Waals surface area (Å²) in [5.41, 5.74) is 1.97. The highest BCUT2D eigenvalue weighted by Gasteiger charge is 2.20. The van der Waals surface area contributed by atoms with E-state index < -0.39 is 9.84 Å². The fourth-order valence-electron chi connectivity index (χ4n) is 3.61. The highest BCUT2D eigenvalue weighted by Crippen LogP contribution is 2.36. The van der Waals surface area contributed by atoms with Crippen molar-refractivity contribution in [2.45, 2.75) is 36.5 Å². The molecule has 6 heteroatoms. The monoisotopic (exact) mass is 367 g/mol. The van der Waals surface area contributed by atoms with Gasteiger partial charge in [-0.3, -0.25) is 4.98 Å². The Labute approximate surface area is 153 Å². The molecule has 134 valence electrons. The number of rotatable bonds is 4. The van der Waals surface area contributed by atoms with Gasteiger partial charge in [0.2, 0.25) is 0 Å². The Bertz CT molecular complexity index is 1040. The molecule has 0 unspecified atom stereocenters. The van der Waals surface area contributed by atoms with Crippen LogP contribution in [0, 0.1) is 0 Å². The molecule has 1 fully saturated rings. The number of benzene rings is 1. The largest absolute Gasteiger partial charge is 0.340 e. The summed E-state index contributed by atoms with van der Waals surface area (Å²) < 4.78 is 23.1. The highest BCUT2D eigenvalue weighted by molar-refractivity contribution is 7.90. The summed E-state index contributed by atoms with van der Waals surface area (Å²) in [6.07, 6.45) is 9.88. The molecule has 0 aliphatic heterocycles. The van der Waals surface area contributed by atoms with E-state index in [0.717, 1.165) is 28.0 Å². The van der Waals surface area contributed by atoms with Gasteiger partial charge in [-0.1, -0.05) is 12.8 Å². The second-order valence-corrected chi connectivity index (χ2v) is 8.91. The molecule has 1 aliphatic carbocycles. The third-order valence-corrected chi connectivity index (χ3v) is 6.10. The van der Waals surface area contributed by atoms with Crippen molar-refractivity contribution in [1.29, 1.82) is 0 Å². The van der Waals surface area contributed by atoms with Crippen LogP contribution in [0.1, 0.15) is 37.3 Å². The van der Waals surface area contributed by atoms with Crippen LogP contribution in [-0.2, 0) is 9.84 Å². The lowest BCUT2D eigenvalue weighted by atomic mass is 9.98. The zero-order chi connectivity index (χ0) is 18.1. The van der Waals surface area contributed by atoms with Crippen molar-refractivity contribution in [3.63, 3.8) is 0 Å². The minimum atomic E-state index is -3.19. The molecule has 1 aromatic carbocycles. The number of hydrogen-bond donors (Lipinski definition) is 1. The van der Waals surface area contributed by atoms with E-state index in [1.807, 2.05) is 24.5 Å². The Morgan fingerprint density at radius 1 is 1.04 bits per heavy atom. The first kappa shape index (κ1) is 17.0. The maximum absolute atomic E-state index is 11.6. The van der Waals surface area contributed by atoms with Crippen molar-refractivity contribution >= 4 is 32.1 Å². The SMILES string of the molecule is CS(=O)(=O)c1ccc(Nc2cc3c(C4CCCC4)nccc3cn2)cc1. The molecule has 0 saturated heterocycles. The number of sulfone groups is 1. The zero-order valence-electron chi connectivity index (χ0n) is 14.6. The summed E-state index contributed by atoms with van der Waals surface area (Å²) in [4.78, 5) is 9.44. The Kier molecular flexibility index (Phi) is 4.36. The normalized spacial score (nSPS) is 15.4. The molecule has 2 heterocycles. The summed E-state index contributed by atoms with van der Waals surface area (Å²) >= 11 is 0. The van der Waals surface area contributed by atoms with Crippen LogP contribution >= 0.6 is 0 Å². The molecule has 0 amide bonds. The van der Waals surface area contributed by atoms with E-state index >= 15 is 0 Å². The third-order valence-electron chi connectivity index (χ3n) is 4.98. The van der Waals surface area contributed by atoms with Gasteiger partial charge >= 0.3 is 0 Å². The predicted molar refractivity (Wildman–Crippen MR) is 104 cm³/mol. The number of fused-ring (bicyclic) bond motifs is 1. The molecule has 4 rings (SSSR count). The van der Waals surface area contributed by atoms with Crippen LogP contribution in [0.2, 0.25) is 0 Å². The first-order chi connectivity index (χ1) is 12.5. The molecule has 0 bridgehead atoms. The zero-order valence-corrected chi connectivity index (χ0v) is 15.5. The molecular weight excluding hydrogens is 346 g/mol. The van der Waals surface area contributed by atoms with Gasteiger partial charge in [-0.2, -0.15) is 0 Å². The van der Waals surface area contributed by atoms with Gasteiger partial charge < -0.3 is 5.32 Å². The summed E-state index contributed by atoms with van der Waals surface area (Å²) in [7, 11) is -3.19. The highest BCUT2D eigenvalue weighted by atomic mass is 32.2. The van der Waals surface area contributed by atoms with Crippen LogP contribution in [0.3, 0.4) is 0 Å². The van der Waals surface area contributed by atoms with Crippen molar-refractivity contribution < 1.29 is 8.42 Å². The smallest absolute Gasteiger partial charge is 0.175 e. The molecule has 1 N–H and O–H groups in total. The summed E-state index contributed by atoms with van der Waals surface area (Å²) in [5, 5.41) is 5.50. The molecule has 5 nitrogen and oxygen atoms in total. The number of anilines is 2. The van der Waals surface area contributed by atoms with Crippen LogP contribution in [0.25, 0.3) is 10.8 Å². The van der Waals surface area contributed by atoms with Crippen molar-refractivity contribution in [3.05, 3.63) is 54.5 Å². The second-order valence-electron chi connectivity index (χ2n) is 6.89. The first-order valence-corrected chi connectivity index (χ1v) is 10.7. The molecular formula is C20H21N3O2S. The van der Waals surface area contributed by atoms with Gasteiger partial charge in [0.25, 0.3) is 0 Å². The maximum atomic E-state index is 11.6. The van der Waals surface area contributed by atoms with E-state index in [9.17, 15) is 8.42 Å². The molecule has 26 heavy (non-hydrogen) atoms. The average Bonchev–Trinajstić information content (AvgIpc) is 3.15. The van der Waals surface area contributed by atoms with Crippen LogP contribution in [-0.4, -0.2) is 24.6 Å². The Morgan fingerprint density at radius 2 is 1.77 bits per heavy atom. The van der Waals surface area contributed by atoms with Crippen LogP contribution in [0.15, 0.2) is 53.7 Å². The fraction of sp³-hybridized carbons (Fsp3) is 0.300. The Hall–Kier alpha value is -2.47. The van der Waals surface area contributed by atoms with E-state index in [0.29, 0.717) is 10.8 Å². The molecule has 1 saturated carbocycles. The molecule has 3 aromatic rings. The maximum Gasteiger partial charge on any atom is 0.175 e. The topological polar surface area (TPSA) is 72.0 Å². The van der Waals surface area contributed by atoms with Gasteiger partial charge in [0, 0.05) is 41.0 Å². The van der Waals surface area contributed by atoms with E-state index in [4.69, 9.17) is 0 Å². The van der Waals surface area contributed by atoms with Crippen LogP contribution < -0.4 is 5.32 Å². The van der Waals surface area contributed by atoms with Gasteiger partial charge in [0.05, 0.1) is 10.6 Å². The van der Waals surface area contributed by atoms with E-state index in [1.165, 1.54) is 31.9 Å². The van der Waals surface area contributed by atoms with Gasteiger partial charge in [-0.05, 0) is 49.2 Å². The van der Waals surface area contributed by atoms with Gasteiger partial charge in [-0.25, -0.2) is 13.4 Å². The Balaban J connectivity index is 1.65. The third kappa shape index (κ3) is 3.42. The molecule has 0 atom stereocenters. The molecule has 1 aliphatic rings. The van der Waals surface area contributed by atoms with Gasteiger partial charge in [-0.15, -0.1) is 0 Å². The van der Waals surface area contributed by atoms with E-state index in [-0.39, 0.29) is 0 Å². The second kappa shape index (κ2) is 6.68. The summed E-state index contributed by atoms with van der Waals surface area (Å²) in [6, 6.07) is 10.7. The average molecular weight is 367 g/mol. The Morgan fingerprint density at radius 3 is 2.46 bits per heavy atom. The number of nitrogens with one attached hydrogen (secondary N) is 1. The standard InChI is InChI=1S/C20H21N3O2S/c1-26(24,25)17-8-6-16(7-9-17)23-19-12-18-15(13-22-19)10-11-21-20(18)14-4-2-3-5-14/h6-14H,2-5H2,1H3,(H,22,23). The molecule has 2 aromatic heterocycles. The number of aromatic nitrogens is 2. The predicted octanol–water partition coefficient (Wildman–Crippen LogP) is 4.43. The number of nitrogens with zero attached hydrogens (tertiary/aromatic N) is 2. The summed E-state index contributed by atoms with van der Waals surface area (Å²) in [6.45, 7) is 0. The lowest BCUT2D eigenvalue weighted by molar-refractivity contribution is 0.602. The number of hydrogen-bond acceptors (Lipinski definition) is 5. The van der Waals surface area contributed by atoms with Gasteiger partial charge in [0.1, 0.15) is 5.82 Å². The van der Waals surface area contributed by atoms with Crippen molar-refractivity contribution in [2.75, 3.05) is 11.6 Å². The fourth-order valence-corrected chi connectivity index (χ4v) is 4.24. The van der Waals surface area contributed by atoms with Crippen molar-refractivity contribution in [3.8, 4) is 0 Å². The lowest BCUT2D eigenvalue weighted by Gasteiger charge is -2.13. The minimum Gasteiger partial charge on any atom is -0.340 e. The van der Waals surface area contributed by atoms with Crippen LogP contribution in [0.4, 0.5) is 11.5 Å². The quantitative estimate of drug-likeness (QED) is 0.738. The van der Waals surface area contributed by atoms with Crippen molar-refractivity contribution in [2.24, 2.45) is 0 Å².